The van der Waals surface area contributed by atoms with Crippen LogP contribution in [0.25, 0.3) is 0 Å². The van der Waals surface area contributed by atoms with E-state index >= 15 is 0 Å². The summed E-state index contributed by atoms with van der Waals surface area (Å²) >= 11 is 0. The van der Waals surface area contributed by atoms with Crippen molar-refractivity contribution < 1.29 is 4.52 Å². The van der Waals surface area contributed by atoms with Crippen LogP contribution in [0.1, 0.15) is 36.5 Å². The molecule has 0 amide bonds. The summed E-state index contributed by atoms with van der Waals surface area (Å²) in [5.41, 5.74) is 2.32. The maximum absolute atomic E-state index is 5.24. The van der Waals surface area contributed by atoms with E-state index in [1.54, 1.807) is 0 Å². The van der Waals surface area contributed by atoms with Gasteiger partial charge in [-0.1, -0.05) is 29.8 Å². The van der Waals surface area contributed by atoms with Crippen molar-refractivity contribution in [3.05, 3.63) is 41.5 Å². The maximum Gasteiger partial charge on any atom is 0.245 e. The molecule has 1 saturated carbocycles. The lowest BCUT2D eigenvalue weighted by Gasteiger charge is -2.02. The summed E-state index contributed by atoms with van der Waals surface area (Å²) in [6.45, 7) is 4.87. The summed E-state index contributed by atoms with van der Waals surface area (Å²) in [6, 6.07) is 8.26. The van der Waals surface area contributed by atoms with Gasteiger partial charge in [0.15, 0.2) is 5.82 Å². The van der Waals surface area contributed by atoms with Crippen molar-refractivity contribution in [3.8, 4) is 0 Å². The lowest BCUT2D eigenvalue weighted by molar-refractivity contribution is 0.377. The van der Waals surface area contributed by atoms with Gasteiger partial charge in [0.05, 0.1) is 6.54 Å². The molecule has 18 heavy (non-hydrogen) atoms. The van der Waals surface area contributed by atoms with Crippen LogP contribution in [0.3, 0.4) is 0 Å². The van der Waals surface area contributed by atoms with E-state index in [-0.39, 0.29) is 0 Å². The van der Waals surface area contributed by atoms with Crippen molar-refractivity contribution in [2.24, 2.45) is 5.92 Å². The Labute approximate surface area is 106 Å². The molecule has 0 radical (unpaired) electrons. The summed E-state index contributed by atoms with van der Waals surface area (Å²) in [5.74, 6) is 2.75. The molecule has 1 fully saturated rings. The van der Waals surface area contributed by atoms with Gasteiger partial charge in [0.1, 0.15) is 0 Å². The van der Waals surface area contributed by atoms with Gasteiger partial charge in [0.2, 0.25) is 5.89 Å². The van der Waals surface area contributed by atoms with Gasteiger partial charge in [-0.05, 0) is 31.4 Å². The van der Waals surface area contributed by atoms with E-state index in [4.69, 9.17) is 4.52 Å². The number of aryl methyl sites for hydroxylation is 1. The van der Waals surface area contributed by atoms with Crippen molar-refractivity contribution in [3.63, 3.8) is 0 Å². The molecule has 0 bridgehead atoms. The Morgan fingerprint density at radius 3 is 2.72 bits per heavy atom. The topological polar surface area (TPSA) is 51.0 Å². The Bertz CT molecular complexity index is 532. The van der Waals surface area contributed by atoms with E-state index in [0.717, 1.165) is 11.5 Å². The predicted octanol–water partition coefficient (Wildman–Crippen LogP) is 3.11. The first-order chi connectivity index (χ1) is 8.72. The van der Waals surface area contributed by atoms with E-state index in [1.807, 2.05) is 0 Å². The highest BCUT2D eigenvalue weighted by Gasteiger charge is 2.37. The Kier molecular flexibility index (Phi) is 2.78. The minimum Gasteiger partial charge on any atom is -0.376 e. The molecule has 4 nitrogen and oxygen atoms in total. The Balaban J connectivity index is 1.59. The number of anilines is 1. The smallest absolute Gasteiger partial charge is 0.245 e. The fourth-order valence-corrected chi connectivity index (χ4v) is 2.02. The summed E-state index contributed by atoms with van der Waals surface area (Å²) in [4.78, 5) is 4.42. The minimum absolute atomic E-state index is 0.516. The van der Waals surface area contributed by atoms with Crippen LogP contribution in [0.15, 0.2) is 28.8 Å². The zero-order valence-electron chi connectivity index (χ0n) is 10.7. The highest BCUT2D eigenvalue weighted by atomic mass is 16.5. The van der Waals surface area contributed by atoms with Crippen LogP contribution in [0.4, 0.5) is 5.69 Å². The van der Waals surface area contributed by atoms with Gasteiger partial charge < -0.3 is 9.84 Å². The van der Waals surface area contributed by atoms with Crippen LogP contribution in [0.2, 0.25) is 0 Å². The molecular formula is C14H17N3O. The average Bonchev–Trinajstić information content (AvgIpc) is 2.92. The van der Waals surface area contributed by atoms with Crippen LogP contribution in [-0.4, -0.2) is 10.1 Å². The summed E-state index contributed by atoms with van der Waals surface area (Å²) in [6.07, 6.45) is 1.18. The van der Waals surface area contributed by atoms with Gasteiger partial charge in [-0.25, -0.2) is 0 Å². The Hall–Kier alpha value is -1.84. The van der Waals surface area contributed by atoms with E-state index in [1.165, 1.54) is 12.0 Å². The number of hydrogen-bond acceptors (Lipinski definition) is 4. The molecule has 1 heterocycles. The number of benzene rings is 1. The van der Waals surface area contributed by atoms with Gasteiger partial charge in [-0.2, -0.15) is 4.98 Å². The molecule has 1 aromatic carbocycles. The van der Waals surface area contributed by atoms with Gasteiger partial charge >= 0.3 is 0 Å². The zero-order valence-corrected chi connectivity index (χ0v) is 10.7. The second kappa shape index (κ2) is 4.44. The minimum atomic E-state index is 0.516. The molecular weight excluding hydrogens is 226 g/mol. The number of hydrogen-bond donors (Lipinski definition) is 1. The van der Waals surface area contributed by atoms with Crippen LogP contribution >= 0.6 is 0 Å². The number of rotatable bonds is 4. The monoisotopic (exact) mass is 243 g/mol. The third-order valence-corrected chi connectivity index (χ3v) is 3.42. The number of aromatic nitrogens is 2. The molecule has 0 aliphatic heterocycles. The lowest BCUT2D eigenvalue weighted by Crippen LogP contribution is -1.99. The third-order valence-electron chi connectivity index (χ3n) is 3.42. The fraction of sp³-hybridized carbons (Fsp3) is 0.429. The van der Waals surface area contributed by atoms with E-state index in [9.17, 15) is 0 Å². The molecule has 1 N–H and O–H groups in total. The Morgan fingerprint density at radius 2 is 2.06 bits per heavy atom. The predicted molar refractivity (Wildman–Crippen MR) is 69.3 cm³/mol. The number of nitrogens with zero attached hydrogens (tertiary/aromatic N) is 2. The molecule has 1 aromatic heterocycles. The summed E-state index contributed by atoms with van der Waals surface area (Å²) < 4.78 is 5.24. The molecule has 4 heteroatoms. The standard InChI is InChI=1S/C14H17N3O/c1-9-3-5-11(6-4-9)15-8-13-16-14(17-18-13)12-7-10(12)2/h3-6,10,12,15H,7-8H2,1-2H3. The molecule has 1 aliphatic rings. The van der Waals surface area contributed by atoms with Crippen LogP contribution < -0.4 is 5.32 Å². The molecule has 0 saturated heterocycles. The first-order valence-corrected chi connectivity index (χ1v) is 6.35. The quantitative estimate of drug-likeness (QED) is 0.896. The SMILES string of the molecule is Cc1ccc(NCc2nc(C3CC3C)no2)cc1. The Morgan fingerprint density at radius 1 is 1.33 bits per heavy atom. The van der Waals surface area contributed by atoms with Gasteiger partial charge in [0, 0.05) is 11.6 Å². The number of nitrogens with one attached hydrogen (secondary N) is 1. The molecule has 3 rings (SSSR count). The second-order valence-corrected chi connectivity index (χ2v) is 5.09. The zero-order chi connectivity index (χ0) is 12.5. The maximum atomic E-state index is 5.24. The van der Waals surface area contributed by atoms with Crippen LogP contribution in [0, 0.1) is 12.8 Å². The van der Waals surface area contributed by atoms with Crippen LogP contribution in [0.5, 0.6) is 0 Å². The van der Waals surface area contributed by atoms with Crippen molar-refractivity contribution in [1.29, 1.82) is 0 Å². The summed E-state index contributed by atoms with van der Waals surface area (Å²) in [7, 11) is 0. The molecule has 0 spiro atoms. The van der Waals surface area contributed by atoms with Crippen molar-refractivity contribution in [2.75, 3.05) is 5.32 Å². The van der Waals surface area contributed by atoms with Crippen LogP contribution in [-0.2, 0) is 6.54 Å². The summed E-state index contributed by atoms with van der Waals surface area (Å²) in [5, 5.41) is 7.30. The van der Waals surface area contributed by atoms with Gasteiger partial charge in [0.25, 0.3) is 0 Å². The molecule has 2 aromatic rings. The highest BCUT2D eigenvalue weighted by molar-refractivity contribution is 5.44. The first kappa shape index (κ1) is 11.3. The third kappa shape index (κ3) is 2.37. The fourth-order valence-electron chi connectivity index (χ4n) is 2.02. The van der Waals surface area contributed by atoms with Crippen molar-refractivity contribution in [2.45, 2.75) is 32.7 Å². The largest absolute Gasteiger partial charge is 0.376 e. The van der Waals surface area contributed by atoms with Crippen molar-refractivity contribution in [1.82, 2.24) is 10.1 Å². The normalized spacial score (nSPS) is 21.9. The van der Waals surface area contributed by atoms with E-state index < -0.39 is 0 Å². The lowest BCUT2D eigenvalue weighted by atomic mass is 10.2. The molecule has 94 valence electrons. The second-order valence-electron chi connectivity index (χ2n) is 5.09. The van der Waals surface area contributed by atoms with E-state index in [2.05, 4.69) is 53.6 Å². The average molecular weight is 243 g/mol. The van der Waals surface area contributed by atoms with Crippen molar-refractivity contribution >= 4 is 5.69 Å². The van der Waals surface area contributed by atoms with E-state index in [0.29, 0.717) is 24.3 Å². The highest BCUT2D eigenvalue weighted by Crippen LogP contribution is 2.45. The molecule has 2 atom stereocenters. The first-order valence-electron chi connectivity index (χ1n) is 6.35. The molecule has 2 unspecified atom stereocenters. The van der Waals surface area contributed by atoms with Gasteiger partial charge in [-0.3, -0.25) is 0 Å². The molecule has 1 aliphatic carbocycles. The van der Waals surface area contributed by atoms with Gasteiger partial charge in [-0.15, -0.1) is 0 Å².